The standard InChI is InChI=1S/C18H27N3O3/c1-2-3-4-5-9-12-17(23)20-21-18(24)14-13-16(22)19-15-10-7-6-8-11-15/h6-8,10-11H,2-5,9,12-14H2,1H3,(H,19,22)(H,20,23)(H,21,24). The van der Waals surface area contributed by atoms with E-state index in [1.54, 1.807) is 12.1 Å². The maximum absolute atomic E-state index is 11.7. The van der Waals surface area contributed by atoms with Gasteiger partial charge in [0.05, 0.1) is 0 Å². The Kier molecular flexibility index (Phi) is 9.92. The van der Waals surface area contributed by atoms with Crippen LogP contribution in [-0.4, -0.2) is 17.7 Å². The number of unbranched alkanes of at least 4 members (excludes halogenated alkanes) is 4. The van der Waals surface area contributed by atoms with Crippen LogP contribution in [0.4, 0.5) is 5.69 Å². The van der Waals surface area contributed by atoms with Crippen molar-refractivity contribution in [1.29, 1.82) is 0 Å². The Bertz CT molecular complexity index is 518. The molecule has 6 nitrogen and oxygen atoms in total. The SMILES string of the molecule is CCCCCCCC(=O)NNC(=O)CCC(=O)Nc1ccccc1. The molecule has 3 N–H and O–H groups in total. The van der Waals surface area contributed by atoms with Crippen LogP contribution in [0, 0.1) is 0 Å². The lowest BCUT2D eigenvalue weighted by atomic mass is 10.1. The van der Waals surface area contributed by atoms with E-state index in [2.05, 4.69) is 23.1 Å². The summed E-state index contributed by atoms with van der Waals surface area (Å²) in [6.45, 7) is 2.14. The Hall–Kier alpha value is -2.37. The number of rotatable bonds is 10. The van der Waals surface area contributed by atoms with Crippen LogP contribution in [0.3, 0.4) is 0 Å². The zero-order valence-corrected chi connectivity index (χ0v) is 14.3. The minimum atomic E-state index is -0.377. The van der Waals surface area contributed by atoms with Crippen LogP contribution in [0.25, 0.3) is 0 Å². The van der Waals surface area contributed by atoms with Gasteiger partial charge in [0.15, 0.2) is 0 Å². The van der Waals surface area contributed by atoms with E-state index in [4.69, 9.17) is 0 Å². The van der Waals surface area contributed by atoms with Crippen molar-refractivity contribution in [2.75, 3.05) is 5.32 Å². The van der Waals surface area contributed by atoms with E-state index < -0.39 is 0 Å². The minimum Gasteiger partial charge on any atom is -0.326 e. The predicted molar refractivity (Wildman–Crippen MR) is 94.0 cm³/mol. The molecule has 0 saturated heterocycles. The van der Waals surface area contributed by atoms with E-state index in [0.29, 0.717) is 12.1 Å². The number of hydrazine groups is 1. The summed E-state index contributed by atoms with van der Waals surface area (Å²) < 4.78 is 0. The third kappa shape index (κ3) is 9.61. The Balaban J connectivity index is 2.08. The number of hydrogen-bond acceptors (Lipinski definition) is 3. The van der Waals surface area contributed by atoms with Crippen molar-refractivity contribution in [3.8, 4) is 0 Å². The monoisotopic (exact) mass is 333 g/mol. The van der Waals surface area contributed by atoms with E-state index >= 15 is 0 Å². The molecule has 0 atom stereocenters. The van der Waals surface area contributed by atoms with Gasteiger partial charge in [-0.25, -0.2) is 0 Å². The van der Waals surface area contributed by atoms with Crippen molar-refractivity contribution in [3.05, 3.63) is 30.3 Å². The van der Waals surface area contributed by atoms with Gasteiger partial charge in [0.25, 0.3) is 0 Å². The van der Waals surface area contributed by atoms with E-state index in [9.17, 15) is 14.4 Å². The summed E-state index contributed by atoms with van der Waals surface area (Å²) in [4.78, 5) is 34.9. The topological polar surface area (TPSA) is 87.3 Å². The number of nitrogens with one attached hydrogen (secondary N) is 3. The molecular formula is C18H27N3O3. The molecule has 3 amide bonds. The molecule has 1 aromatic carbocycles. The lowest BCUT2D eigenvalue weighted by Gasteiger charge is -2.08. The van der Waals surface area contributed by atoms with Gasteiger partial charge in [-0.3, -0.25) is 25.2 Å². The molecule has 0 unspecified atom stereocenters. The van der Waals surface area contributed by atoms with Crippen LogP contribution < -0.4 is 16.2 Å². The molecule has 0 spiro atoms. The maximum atomic E-state index is 11.7. The highest BCUT2D eigenvalue weighted by Crippen LogP contribution is 2.06. The fraction of sp³-hybridized carbons (Fsp3) is 0.500. The van der Waals surface area contributed by atoms with E-state index in [0.717, 1.165) is 19.3 Å². The number of carbonyl (C=O) groups is 3. The first-order chi connectivity index (χ1) is 11.6. The Morgan fingerprint density at radius 3 is 2.00 bits per heavy atom. The number of anilines is 1. The average Bonchev–Trinajstić information content (AvgIpc) is 2.59. The lowest BCUT2D eigenvalue weighted by molar-refractivity contribution is -0.129. The molecule has 1 rings (SSSR count). The number of carbonyl (C=O) groups excluding carboxylic acids is 3. The lowest BCUT2D eigenvalue weighted by Crippen LogP contribution is -2.41. The van der Waals surface area contributed by atoms with E-state index in [1.165, 1.54) is 12.8 Å². The molecular weight excluding hydrogens is 306 g/mol. The molecule has 0 aliphatic carbocycles. The maximum Gasteiger partial charge on any atom is 0.238 e. The van der Waals surface area contributed by atoms with Crippen LogP contribution in [0.15, 0.2) is 30.3 Å². The Labute approximate surface area is 143 Å². The van der Waals surface area contributed by atoms with Crippen LogP contribution in [0.5, 0.6) is 0 Å². The fourth-order valence-electron chi connectivity index (χ4n) is 2.13. The molecule has 1 aromatic rings. The first-order valence-electron chi connectivity index (χ1n) is 8.54. The molecule has 0 aromatic heterocycles. The van der Waals surface area contributed by atoms with Gasteiger partial charge < -0.3 is 5.32 Å². The van der Waals surface area contributed by atoms with Crippen molar-refractivity contribution in [2.24, 2.45) is 0 Å². The molecule has 24 heavy (non-hydrogen) atoms. The molecule has 0 radical (unpaired) electrons. The van der Waals surface area contributed by atoms with E-state index in [1.807, 2.05) is 18.2 Å². The second kappa shape index (κ2) is 12.1. The Morgan fingerprint density at radius 2 is 1.33 bits per heavy atom. The van der Waals surface area contributed by atoms with Gasteiger partial charge >= 0.3 is 0 Å². The first-order valence-corrected chi connectivity index (χ1v) is 8.54. The van der Waals surface area contributed by atoms with Crippen molar-refractivity contribution in [3.63, 3.8) is 0 Å². The number of para-hydroxylation sites is 1. The van der Waals surface area contributed by atoms with Crippen LogP contribution in [0.2, 0.25) is 0 Å². The quantitative estimate of drug-likeness (QED) is 0.454. The van der Waals surface area contributed by atoms with Crippen molar-refractivity contribution < 1.29 is 14.4 Å². The number of hydrogen-bond donors (Lipinski definition) is 3. The van der Waals surface area contributed by atoms with Crippen molar-refractivity contribution in [1.82, 2.24) is 10.9 Å². The first kappa shape index (κ1) is 19.7. The highest BCUT2D eigenvalue weighted by atomic mass is 16.2. The molecule has 0 aliphatic rings. The normalized spacial score (nSPS) is 10.0. The third-order valence-corrected chi connectivity index (χ3v) is 3.49. The average molecular weight is 333 g/mol. The van der Waals surface area contributed by atoms with Gasteiger partial charge in [-0.2, -0.15) is 0 Å². The summed E-state index contributed by atoms with van der Waals surface area (Å²) in [5.41, 5.74) is 5.41. The minimum absolute atomic E-state index is 0.0233. The van der Waals surface area contributed by atoms with E-state index in [-0.39, 0.29) is 30.6 Å². The summed E-state index contributed by atoms with van der Waals surface area (Å²) in [6.07, 6.45) is 5.81. The summed E-state index contributed by atoms with van der Waals surface area (Å²) in [5, 5.41) is 2.70. The van der Waals surface area contributed by atoms with Crippen LogP contribution >= 0.6 is 0 Å². The van der Waals surface area contributed by atoms with Gasteiger partial charge in [0, 0.05) is 24.9 Å². The molecule has 0 saturated carbocycles. The summed E-state index contributed by atoms with van der Waals surface area (Å²) in [5.74, 6) is -0.815. The van der Waals surface area contributed by atoms with Crippen molar-refractivity contribution in [2.45, 2.75) is 58.3 Å². The van der Waals surface area contributed by atoms with Crippen molar-refractivity contribution >= 4 is 23.4 Å². The molecule has 6 heteroatoms. The summed E-state index contributed by atoms with van der Waals surface area (Å²) in [6, 6.07) is 9.05. The number of amides is 3. The predicted octanol–water partition coefficient (Wildman–Crippen LogP) is 2.91. The number of benzene rings is 1. The highest BCUT2D eigenvalue weighted by Gasteiger charge is 2.08. The highest BCUT2D eigenvalue weighted by molar-refractivity contribution is 5.93. The molecule has 0 aliphatic heterocycles. The second-order valence-electron chi connectivity index (χ2n) is 5.67. The smallest absolute Gasteiger partial charge is 0.238 e. The molecule has 0 bridgehead atoms. The van der Waals surface area contributed by atoms with Gasteiger partial charge in [0.2, 0.25) is 17.7 Å². The second-order valence-corrected chi connectivity index (χ2v) is 5.67. The summed E-state index contributed by atoms with van der Waals surface area (Å²) in [7, 11) is 0. The zero-order valence-electron chi connectivity index (χ0n) is 14.3. The largest absolute Gasteiger partial charge is 0.326 e. The van der Waals surface area contributed by atoms with Gasteiger partial charge in [-0.05, 0) is 18.6 Å². The molecule has 0 heterocycles. The van der Waals surface area contributed by atoms with Gasteiger partial charge in [-0.1, -0.05) is 50.8 Å². The summed E-state index contributed by atoms with van der Waals surface area (Å²) >= 11 is 0. The van der Waals surface area contributed by atoms with Gasteiger partial charge in [-0.15, -0.1) is 0 Å². The third-order valence-electron chi connectivity index (χ3n) is 3.49. The van der Waals surface area contributed by atoms with Gasteiger partial charge in [0.1, 0.15) is 0 Å². The Morgan fingerprint density at radius 1 is 0.750 bits per heavy atom. The fourth-order valence-corrected chi connectivity index (χ4v) is 2.13. The molecule has 0 fully saturated rings. The van der Waals surface area contributed by atoms with Crippen LogP contribution in [0.1, 0.15) is 58.3 Å². The molecule has 132 valence electrons. The van der Waals surface area contributed by atoms with Crippen LogP contribution in [-0.2, 0) is 14.4 Å². The zero-order chi connectivity index (χ0) is 17.6.